The number of aromatic nitrogens is 1. The molecule has 2 heterocycles. The number of halogens is 2. The number of hydrogen-bond acceptors (Lipinski definition) is 5. The van der Waals surface area contributed by atoms with E-state index in [1.807, 2.05) is 48.7 Å². The summed E-state index contributed by atoms with van der Waals surface area (Å²) in [7, 11) is 0. The van der Waals surface area contributed by atoms with Crippen LogP contribution in [0.4, 0.5) is 0 Å². The molecule has 1 N–H and O–H groups in total. The van der Waals surface area contributed by atoms with Crippen LogP contribution in [0.2, 0.25) is 10.0 Å². The first-order valence-corrected chi connectivity index (χ1v) is 10.9. The molecule has 5 nitrogen and oxygen atoms in total. The molecule has 0 spiro atoms. The first kappa shape index (κ1) is 21.3. The summed E-state index contributed by atoms with van der Waals surface area (Å²) in [6.45, 7) is 1.76. The lowest BCUT2D eigenvalue weighted by atomic mass is 9.96. The van der Waals surface area contributed by atoms with E-state index in [1.165, 1.54) is 0 Å². The fourth-order valence-corrected chi connectivity index (χ4v) is 3.89. The monoisotopic (exact) mass is 453 g/mol. The summed E-state index contributed by atoms with van der Waals surface area (Å²) in [5.41, 5.74) is 2.08. The summed E-state index contributed by atoms with van der Waals surface area (Å²) >= 11 is 12.9. The molecule has 31 heavy (non-hydrogen) atoms. The number of esters is 1. The van der Waals surface area contributed by atoms with Crippen LogP contribution in [-0.4, -0.2) is 17.2 Å². The van der Waals surface area contributed by atoms with Gasteiger partial charge in [0.1, 0.15) is 11.3 Å². The maximum Gasteiger partial charge on any atom is 0.310 e. The van der Waals surface area contributed by atoms with Gasteiger partial charge in [-0.3, -0.25) is 9.78 Å². The molecule has 1 aliphatic rings. The van der Waals surface area contributed by atoms with Crippen molar-refractivity contribution in [3.63, 3.8) is 0 Å². The first-order chi connectivity index (χ1) is 15.1. The Morgan fingerprint density at radius 1 is 1.13 bits per heavy atom. The highest BCUT2D eigenvalue weighted by Crippen LogP contribution is 2.40. The standard InChI is InChI=1S/C24H21Cl2N3O2/c1-2-20(30)31-24-17(12-11-15-7-6-14-28-22(15)24)23(29-19-10-3-4-13-27-19)16-8-5-9-18(25)21(16)26/h5-14,23,29H,2-4H2,1H3. The number of carbonyl (C=O) groups is 1. The average Bonchev–Trinajstić information content (AvgIpc) is 2.80. The smallest absolute Gasteiger partial charge is 0.310 e. The molecule has 0 bridgehead atoms. The molecule has 0 saturated carbocycles. The summed E-state index contributed by atoms with van der Waals surface area (Å²) in [5, 5.41) is 5.19. The van der Waals surface area contributed by atoms with Gasteiger partial charge < -0.3 is 10.1 Å². The van der Waals surface area contributed by atoms with Gasteiger partial charge in [0.05, 0.1) is 16.1 Å². The SMILES string of the molecule is CCC(=O)Oc1c(C(NC2=CCCC=N2)c2cccc(Cl)c2Cl)ccc2cccnc12. The highest BCUT2D eigenvalue weighted by Gasteiger charge is 2.26. The minimum Gasteiger partial charge on any atom is -0.424 e. The molecular formula is C24H21Cl2N3O2. The average molecular weight is 454 g/mol. The summed E-state index contributed by atoms with van der Waals surface area (Å²) in [4.78, 5) is 21.2. The Kier molecular flexibility index (Phi) is 6.54. The van der Waals surface area contributed by atoms with Crippen molar-refractivity contribution in [1.82, 2.24) is 10.3 Å². The van der Waals surface area contributed by atoms with Crippen LogP contribution in [0.25, 0.3) is 10.9 Å². The lowest BCUT2D eigenvalue weighted by Crippen LogP contribution is -2.24. The molecule has 1 aromatic heterocycles. The lowest BCUT2D eigenvalue weighted by Gasteiger charge is -2.25. The van der Waals surface area contributed by atoms with Gasteiger partial charge in [-0.15, -0.1) is 0 Å². The van der Waals surface area contributed by atoms with Gasteiger partial charge in [0.2, 0.25) is 0 Å². The van der Waals surface area contributed by atoms with E-state index in [0.29, 0.717) is 21.3 Å². The molecule has 0 fully saturated rings. The summed E-state index contributed by atoms with van der Waals surface area (Å²) in [6, 6.07) is 12.7. The molecule has 3 aromatic rings. The van der Waals surface area contributed by atoms with Crippen molar-refractivity contribution in [2.45, 2.75) is 32.2 Å². The summed E-state index contributed by atoms with van der Waals surface area (Å²) in [5.74, 6) is 0.783. The fraction of sp³-hybridized carbons (Fsp3) is 0.208. The third kappa shape index (κ3) is 4.58. The molecule has 7 heteroatoms. The van der Waals surface area contributed by atoms with Crippen molar-refractivity contribution in [1.29, 1.82) is 0 Å². The van der Waals surface area contributed by atoms with Crippen molar-refractivity contribution in [3.05, 3.63) is 81.7 Å². The van der Waals surface area contributed by atoms with Crippen LogP contribution in [0.1, 0.15) is 43.4 Å². The maximum absolute atomic E-state index is 12.3. The van der Waals surface area contributed by atoms with Crippen molar-refractivity contribution in [2.24, 2.45) is 4.99 Å². The highest BCUT2D eigenvalue weighted by molar-refractivity contribution is 6.42. The van der Waals surface area contributed by atoms with Crippen molar-refractivity contribution < 1.29 is 9.53 Å². The Labute approximate surface area is 190 Å². The number of allylic oxidation sites excluding steroid dienone is 1. The Bertz CT molecular complexity index is 1190. The molecule has 0 radical (unpaired) electrons. The van der Waals surface area contributed by atoms with Crippen LogP contribution in [0.15, 0.2) is 65.6 Å². The van der Waals surface area contributed by atoms with Crippen LogP contribution in [0.3, 0.4) is 0 Å². The van der Waals surface area contributed by atoms with E-state index in [0.717, 1.165) is 35.2 Å². The van der Waals surface area contributed by atoms with Gasteiger partial charge in [-0.1, -0.05) is 60.5 Å². The third-order valence-electron chi connectivity index (χ3n) is 5.02. The maximum atomic E-state index is 12.3. The Balaban J connectivity index is 1.92. The largest absolute Gasteiger partial charge is 0.424 e. The molecule has 158 valence electrons. The van der Waals surface area contributed by atoms with Crippen molar-refractivity contribution >= 4 is 46.3 Å². The number of benzene rings is 2. The Morgan fingerprint density at radius 3 is 2.77 bits per heavy atom. The zero-order chi connectivity index (χ0) is 21.8. The topological polar surface area (TPSA) is 63.6 Å². The lowest BCUT2D eigenvalue weighted by molar-refractivity contribution is -0.133. The Morgan fingerprint density at radius 2 is 2.00 bits per heavy atom. The fourth-order valence-electron chi connectivity index (χ4n) is 3.48. The van der Waals surface area contributed by atoms with E-state index >= 15 is 0 Å². The van der Waals surface area contributed by atoms with E-state index in [1.54, 1.807) is 19.2 Å². The van der Waals surface area contributed by atoms with Crippen molar-refractivity contribution in [2.75, 3.05) is 0 Å². The summed E-state index contributed by atoms with van der Waals surface area (Å²) in [6.07, 6.45) is 7.61. The second-order valence-corrected chi connectivity index (χ2v) is 7.87. The minimum absolute atomic E-state index is 0.244. The van der Waals surface area contributed by atoms with Gasteiger partial charge in [-0.05, 0) is 36.6 Å². The number of fused-ring (bicyclic) bond motifs is 1. The van der Waals surface area contributed by atoms with E-state index < -0.39 is 6.04 Å². The molecular weight excluding hydrogens is 433 g/mol. The second kappa shape index (κ2) is 9.50. The van der Waals surface area contributed by atoms with Crippen molar-refractivity contribution in [3.8, 4) is 5.75 Å². The number of nitrogens with one attached hydrogen (secondary N) is 1. The number of ether oxygens (including phenoxy) is 1. The molecule has 0 amide bonds. The molecule has 0 saturated heterocycles. The summed E-state index contributed by atoms with van der Waals surface area (Å²) < 4.78 is 5.79. The number of aliphatic imine (C=N–C) groups is 1. The third-order valence-corrected chi connectivity index (χ3v) is 5.86. The zero-order valence-corrected chi connectivity index (χ0v) is 18.5. The van der Waals surface area contributed by atoms with E-state index in [2.05, 4.69) is 15.3 Å². The zero-order valence-electron chi connectivity index (χ0n) is 16.9. The number of hydrogen-bond donors (Lipinski definition) is 1. The first-order valence-electron chi connectivity index (χ1n) is 10.1. The predicted octanol–water partition coefficient (Wildman–Crippen LogP) is 6.24. The number of nitrogens with zero attached hydrogens (tertiary/aromatic N) is 2. The molecule has 1 atom stereocenters. The number of rotatable bonds is 6. The number of pyridine rings is 1. The molecule has 2 aromatic carbocycles. The quantitative estimate of drug-likeness (QED) is 0.354. The minimum atomic E-state index is -0.459. The molecule has 1 unspecified atom stereocenters. The van der Waals surface area contributed by atoms with Crippen LogP contribution in [0.5, 0.6) is 5.75 Å². The van der Waals surface area contributed by atoms with E-state index in [9.17, 15) is 4.79 Å². The van der Waals surface area contributed by atoms with Gasteiger partial charge in [-0.25, -0.2) is 4.99 Å². The van der Waals surface area contributed by atoms with E-state index in [4.69, 9.17) is 27.9 Å². The van der Waals surface area contributed by atoms with Crippen LogP contribution in [-0.2, 0) is 4.79 Å². The van der Waals surface area contributed by atoms with Gasteiger partial charge in [0, 0.05) is 29.8 Å². The van der Waals surface area contributed by atoms with Gasteiger partial charge in [0.15, 0.2) is 5.75 Å². The Hall–Kier alpha value is -2.89. The molecule has 0 aliphatic carbocycles. The predicted molar refractivity (Wildman–Crippen MR) is 125 cm³/mol. The van der Waals surface area contributed by atoms with Gasteiger partial charge in [-0.2, -0.15) is 0 Å². The van der Waals surface area contributed by atoms with E-state index in [-0.39, 0.29) is 12.4 Å². The van der Waals surface area contributed by atoms with Gasteiger partial charge >= 0.3 is 5.97 Å². The second-order valence-electron chi connectivity index (χ2n) is 7.09. The normalized spacial score (nSPS) is 14.2. The van der Waals surface area contributed by atoms with Crippen LogP contribution < -0.4 is 10.1 Å². The van der Waals surface area contributed by atoms with Crippen LogP contribution in [0, 0.1) is 0 Å². The highest BCUT2D eigenvalue weighted by atomic mass is 35.5. The molecule has 1 aliphatic heterocycles. The van der Waals surface area contributed by atoms with Gasteiger partial charge in [0.25, 0.3) is 0 Å². The number of carbonyl (C=O) groups excluding carboxylic acids is 1. The molecule has 4 rings (SSSR count). The van der Waals surface area contributed by atoms with Crippen LogP contribution >= 0.6 is 23.2 Å².